The average molecular weight is 787 g/mol. The summed E-state index contributed by atoms with van der Waals surface area (Å²) in [5, 5.41) is 40.0. The monoisotopic (exact) mass is 787 g/mol. The van der Waals surface area contributed by atoms with Crippen molar-refractivity contribution in [3.05, 3.63) is 85.1 Å². The average Bonchev–Trinajstić information content (AvgIpc) is 3.19. The molecule has 0 aromatic rings. The van der Waals surface area contributed by atoms with E-state index < -0.39 is 55.4 Å². The maximum atomic E-state index is 12.7. The molecule has 4 N–H and O–H groups in total. The molecule has 3 unspecified atom stereocenters. The van der Waals surface area contributed by atoms with Crippen molar-refractivity contribution >= 4 is 11.9 Å². The standard InChI is InChI=1S/C46H74O10/c1-3-5-7-9-11-13-15-17-18-19-20-21-23-24-26-28-30-32-34-41(48)53-37-39(38-54-46-45(52)44(51)43(50)40(36-47)56-46)55-42(49)35-33-31-29-27-25-22-16-14-12-10-8-6-4-2/h6,8,10-21,39-40,43-47,50-52H,3-5,7,9,22-38H2,1-2H3/b8-6+,12-10+,13-11+,16-14+,17-15+,19-18+,21-20+/t39?,40-,43+,44?,45?,46-/m0/s1. The van der Waals surface area contributed by atoms with Crippen LogP contribution in [-0.2, 0) is 28.5 Å². The summed E-state index contributed by atoms with van der Waals surface area (Å²) in [6, 6.07) is 0. The lowest BCUT2D eigenvalue weighted by molar-refractivity contribution is -0.305. The fraction of sp³-hybridized carbons (Fsp3) is 0.652. The van der Waals surface area contributed by atoms with Crippen molar-refractivity contribution in [3.8, 4) is 0 Å². The zero-order valence-electron chi connectivity index (χ0n) is 34.3. The molecule has 1 aliphatic heterocycles. The van der Waals surface area contributed by atoms with E-state index in [0.717, 1.165) is 77.0 Å². The quantitative estimate of drug-likeness (QED) is 0.0289. The Morgan fingerprint density at radius 2 is 1.05 bits per heavy atom. The summed E-state index contributed by atoms with van der Waals surface area (Å²) in [5.74, 6) is -0.868. The van der Waals surface area contributed by atoms with Crippen LogP contribution in [0, 0.1) is 0 Å². The van der Waals surface area contributed by atoms with Gasteiger partial charge in [0.15, 0.2) is 12.4 Å². The molecule has 10 nitrogen and oxygen atoms in total. The Kier molecular flexibility index (Phi) is 32.9. The molecule has 56 heavy (non-hydrogen) atoms. The lowest BCUT2D eigenvalue weighted by Crippen LogP contribution is -2.59. The van der Waals surface area contributed by atoms with Gasteiger partial charge in [0.25, 0.3) is 0 Å². The third-order valence-electron chi connectivity index (χ3n) is 9.17. The van der Waals surface area contributed by atoms with Crippen LogP contribution in [-0.4, -0.2) is 89.0 Å². The molecule has 318 valence electrons. The third-order valence-corrected chi connectivity index (χ3v) is 9.17. The fourth-order valence-electron chi connectivity index (χ4n) is 5.79. The molecule has 1 rings (SSSR count). The Labute approximate surface area is 337 Å². The number of esters is 2. The van der Waals surface area contributed by atoms with Crippen molar-refractivity contribution in [3.63, 3.8) is 0 Å². The topological polar surface area (TPSA) is 152 Å². The van der Waals surface area contributed by atoms with Gasteiger partial charge in [0.2, 0.25) is 0 Å². The van der Waals surface area contributed by atoms with Gasteiger partial charge in [0.05, 0.1) is 13.2 Å². The Morgan fingerprint density at radius 1 is 0.571 bits per heavy atom. The fourth-order valence-corrected chi connectivity index (χ4v) is 5.79. The van der Waals surface area contributed by atoms with Crippen LogP contribution in [0.25, 0.3) is 0 Å². The van der Waals surface area contributed by atoms with E-state index in [1.807, 2.05) is 36.5 Å². The van der Waals surface area contributed by atoms with Crippen LogP contribution in [0.2, 0.25) is 0 Å². The summed E-state index contributed by atoms with van der Waals surface area (Å²) in [6.45, 7) is 3.18. The Balaban J connectivity index is 2.39. The number of rotatable bonds is 33. The molecule has 0 spiro atoms. The molecular weight excluding hydrogens is 712 g/mol. The second-order valence-corrected chi connectivity index (χ2v) is 14.2. The first-order chi connectivity index (χ1) is 27.3. The van der Waals surface area contributed by atoms with Crippen LogP contribution in [0.5, 0.6) is 0 Å². The van der Waals surface area contributed by atoms with Crippen LogP contribution >= 0.6 is 0 Å². The lowest BCUT2D eigenvalue weighted by atomic mass is 9.99. The number of aliphatic hydroxyl groups is 4. The molecule has 0 amide bonds. The van der Waals surface area contributed by atoms with Crippen molar-refractivity contribution in [2.24, 2.45) is 0 Å². The van der Waals surface area contributed by atoms with Crippen LogP contribution in [0.15, 0.2) is 85.1 Å². The summed E-state index contributed by atoms with van der Waals surface area (Å²) in [5.41, 5.74) is 0. The van der Waals surface area contributed by atoms with E-state index in [4.69, 9.17) is 18.9 Å². The maximum absolute atomic E-state index is 12.7. The van der Waals surface area contributed by atoms with E-state index in [1.165, 1.54) is 19.3 Å². The summed E-state index contributed by atoms with van der Waals surface area (Å²) in [4.78, 5) is 25.3. The molecular formula is C46H74O10. The third kappa shape index (κ3) is 27.5. The molecule has 0 aromatic heterocycles. The first kappa shape index (κ1) is 50.9. The molecule has 0 saturated carbocycles. The Bertz CT molecular complexity index is 1180. The van der Waals surface area contributed by atoms with Gasteiger partial charge in [-0.1, -0.05) is 150 Å². The second kappa shape index (κ2) is 36.2. The number of unbranched alkanes of at least 4 members (excludes halogenated alkanes) is 13. The molecule has 1 fully saturated rings. The first-order valence-electron chi connectivity index (χ1n) is 21.2. The van der Waals surface area contributed by atoms with Gasteiger partial charge < -0.3 is 39.4 Å². The highest BCUT2D eigenvalue weighted by Crippen LogP contribution is 2.22. The summed E-state index contributed by atoms with van der Waals surface area (Å²) < 4.78 is 22.1. The minimum absolute atomic E-state index is 0.196. The molecule has 1 saturated heterocycles. The molecule has 0 bridgehead atoms. The number of allylic oxidation sites excluding steroid dienone is 14. The smallest absolute Gasteiger partial charge is 0.306 e. The molecule has 0 aliphatic carbocycles. The number of carbonyl (C=O) groups excluding carboxylic acids is 2. The number of carbonyl (C=O) groups is 2. The van der Waals surface area contributed by atoms with E-state index in [-0.39, 0.29) is 26.1 Å². The lowest BCUT2D eigenvalue weighted by Gasteiger charge is -2.39. The summed E-state index contributed by atoms with van der Waals surface area (Å²) >= 11 is 0. The van der Waals surface area contributed by atoms with Crippen LogP contribution < -0.4 is 0 Å². The molecule has 0 radical (unpaired) electrons. The maximum Gasteiger partial charge on any atom is 0.306 e. The van der Waals surface area contributed by atoms with Crippen LogP contribution in [0.3, 0.4) is 0 Å². The molecule has 10 heteroatoms. The van der Waals surface area contributed by atoms with Crippen molar-refractivity contribution in [2.75, 3.05) is 19.8 Å². The zero-order valence-corrected chi connectivity index (χ0v) is 34.3. The van der Waals surface area contributed by atoms with Crippen LogP contribution in [0.1, 0.15) is 136 Å². The molecule has 6 atom stereocenters. The van der Waals surface area contributed by atoms with Gasteiger partial charge in [0, 0.05) is 12.8 Å². The summed E-state index contributed by atoms with van der Waals surface area (Å²) in [7, 11) is 0. The van der Waals surface area contributed by atoms with E-state index >= 15 is 0 Å². The number of hydrogen-bond donors (Lipinski definition) is 4. The van der Waals surface area contributed by atoms with Crippen molar-refractivity contribution in [2.45, 2.75) is 173 Å². The minimum Gasteiger partial charge on any atom is -0.462 e. The predicted octanol–water partition coefficient (Wildman–Crippen LogP) is 8.60. The van der Waals surface area contributed by atoms with Gasteiger partial charge in [-0.3, -0.25) is 9.59 Å². The SMILES string of the molecule is CC/C=C/C=C/C=C/CCCCCCCC(=O)OC(COC(=O)CCCCCCC/C=C/C=C/C=C/C=C/CCCCC)CO[C@H]1O[C@@H](CO)[C@@H](O)C(O)C1O. The van der Waals surface area contributed by atoms with E-state index in [9.17, 15) is 30.0 Å². The Hall–Kier alpha value is -3.12. The Morgan fingerprint density at radius 3 is 1.59 bits per heavy atom. The number of aliphatic hydroxyl groups excluding tert-OH is 4. The van der Waals surface area contributed by atoms with Crippen LogP contribution in [0.4, 0.5) is 0 Å². The first-order valence-corrected chi connectivity index (χ1v) is 21.2. The minimum atomic E-state index is -1.61. The highest BCUT2D eigenvalue weighted by Gasteiger charge is 2.44. The second-order valence-electron chi connectivity index (χ2n) is 14.2. The van der Waals surface area contributed by atoms with Crippen molar-refractivity contribution < 1.29 is 49.0 Å². The van der Waals surface area contributed by atoms with Gasteiger partial charge in [-0.05, 0) is 57.8 Å². The van der Waals surface area contributed by atoms with E-state index in [1.54, 1.807) is 0 Å². The van der Waals surface area contributed by atoms with Gasteiger partial charge in [0.1, 0.15) is 31.0 Å². The van der Waals surface area contributed by atoms with E-state index in [0.29, 0.717) is 12.8 Å². The highest BCUT2D eigenvalue weighted by molar-refractivity contribution is 5.70. The van der Waals surface area contributed by atoms with Gasteiger partial charge in [-0.2, -0.15) is 0 Å². The number of hydrogen-bond acceptors (Lipinski definition) is 10. The van der Waals surface area contributed by atoms with E-state index in [2.05, 4.69) is 62.5 Å². The van der Waals surface area contributed by atoms with Gasteiger partial charge in [-0.25, -0.2) is 0 Å². The normalized spacial score (nSPS) is 21.3. The van der Waals surface area contributed by atoms with Gasteiger partial charge >= 0.3 is 11.9 Å². The predicted molar refractivity (Wildman–Crippen MR) is 224 cm³/mol. The summed E-state index contributed by atoms with van der Waals surface area (Å²) in [6.07, 6.45) is 38.7. The molecule has 0 aromatic carbocycles. The van der Waals surface area contributed by atoms with Crippen molar-refractivity contribution in [1.29, 1.82) is 0 Å². The zero-order chi connectivity index (χ0) is 40.9. The largest absolute Gasteiger partial charge is 0.462 e. The molecule has 1 aliphatic rings. The molecule has 1 heterocycles. The van der Waals surface area contributed by atoms with Gasteiger partial charge in [-0.15, -0.1) is 0 Å². The highest BCUT2D eigenvalue weighted by atomic mass is 16.7. The number of ether oxygens (including phenoxy) is 4. The van der Waals surface area contributed by atoms with Crippen molar-refractivity contribution in [1.82, 2.24) is 0 Å².